The lowest BCUT2D eigenvalue weighted by Crippen LogP contribution is -2.55. The molecule has 106 valence electrons. The van der Waals surface area contributed by atoms with Crippen LogP contribution in [0.1, 0.15) is 63.2 Å². The fraction of sp³-hybridized carbons (Fsp3) is 0.857. The summed E-state index contributed by atoms with van der Waals surface area (Å²) in [5, 5.41) is 10.7. The van der Waals surface area contributed by atoms with E-state index in [1.807, 2.05) is 0 Å². The molecule has 0 aliphatic heterocycles. The van der Waals surface area contributed by atoms with Crippen LogP contribution in [0.25, 0.3) is 0 Å². The zero-order valence-corrected chi connectivity index (χ0v) is 11.6. The van der Waals surface area contributed by atoms with E-state index in [0.29, 0.717) is 12.0 Å². The van der Waals surface area contributed by atoms with Crippen molar-refractivity contribution in [1.82, 2.24) is 20.5 Å². The molecule has 0 saturated heterocycles. The minimum atomic E-state index is 0.0208. The minimum absolute atomic E-state index is 0.0208. The van der Waals surface area contributed by atoms with Crippen LogP contribution in [0, 0.1) is 5.92 Å². The molecule has 3 rings (SSSR count). The number of nitrogens with two attached hydrogens (primary N) is 1. The minimum Gasteiger partial charge on any atom is -0.324 e. The Morgan fingerprint density at radius 1 is 1.32 bits per heavy atom. The van der Waals surface area contributed by atoms with Gasteiger partial charge < -0.3 is 11.1 Å². The molecule has 2 saturated carbocycles. The molecule has 1 unspecified atom stereocenters. The fourth-order valence-electron chi connectivity index (χ4n) is 3.44. The molecule has 2 aliphatic rings. The van der Waals surface area contributed by atoms with Crippen LogP contribution < -0.4 is 11.1 Å². The fourth-order valence-corrected chi connectivity index (χ4v) is 3.44. The first kappa shape index (κ1) is 13.1. The monoisotopic (exact) mass is 263 g/mol. The van der Waals surface area contributed by atoms with Gasteiger partial charge in [-0.2, -0.15) is 5.10 Å². The third kappa shape index (κ3) is 2.98. The Bertz CT molecular complexity index is 379. The second-order valence-electron chi connectivity index (χ2n) is 6.34. The van der Waals surface area contributed by atoms with Crippen molar-refractivity contribution in [2.75, 3.05) is 6.54 Å². The van der Waals surface area contributed by atoms with Crippen LogP contribution in [0.4, 0.5) is 0 Å². The van der Waals surface area contributed by atoms with Gasteiger partial charge in [0.2, 0.25) is 0 Å². The number of nitrogens with one attached hydrogen (secondary N) is 2. The SMILES string of the molecule is NC1(CNC(c2ncn[nH]2)C2CCCCC2)CCC1. The van der Waals surface area contributed by atoms with Crippen LogP contribution >= 0.6 is 0 Å². The van der Waals surface area contributed by atoms with Crippen molar-refractivity contribution in [1.29, 1.82) is 0 Å². The van der Waals surface area contributed by atoms with Crippen LogP contribution in [-0.2, 0) is 0 Å². The number of hydrogen-bond acceptors (Lipinski definition) is 4. The standard InChI is InChI=1S/C14H25N5/c15-14(7-4-8-14)9-16-12(13-17-10-18-19-13)11-5-2-1-3-6-11/h10-12,16H,1-9,15H2,(H,17,18,19). The summed E-state index contributed by atoms with van der Waals surface area (Å²) in [6.07, 6.45) is 11.8. The Morgan fingerprint density at radius 2 is 2.11 bits per heavy atom. The number of H-pyrrole nitrogens is 1. The lowest BCUT2D eigenvalue weighted by atomic mass is 9.77. The average molecular weight is 263 g/mol. The molecule has 1 aromatic heterocycles. The molecule has 0 radical (unpaired) electrons. The van der Waals surface area contributed by atoms with Crippen molar-refractivity contribution in [3.63, 3.8) is 0 Å². The van der Waals surface area contributed by atoms with Crippen molar-refractivity contribution in [3.8, 4) is 0 Å². The van der Waals surface area contributed by atoms with E-state index in [-0.39, 0.29) is 5.54 Å². The number of aromatic amines is 1. The van der Waals surface area contributed by atoms with E-state index in [4.69, 9.17) is 5.73 Å². The van der Waals surface area contributed by atoms with E-state index in [0.717, 1.165) is 25.2 Å². The molecule has 0 spiro atoms. The molecular formula is C14H25N5. The van der Waals surface area contributed by atoms with Gasteiger partial charge in [-0.05, 0) is 38.0 Å². The second kappa shape index (κ2) is 5.59. The van der Waals surface area contributed by atoms with Crippen molar-refractivity contribution >= 4 is 0 Å². The van der Waals surface area contributed by atoms with Crippen molar-refractivity contribution in [3.05, 3.63) is 12.2 Å². The van der Waals surface area contributed by atoms with E-state index < -0.39 is 0 Å². The highest BCUT2D eigenvalue weighted by atomic mass is 15.2. The van der Waals surface area contributed by atoms with Gasteiger partial charge in [-0.25, -0.2) is 4.98 Å². The van der Waals surface area contributed by atoms with E-state index in [1.54, 1.807) is 6.33 Å². The zero-order valence-electron chi connectivity index (χ0n) is 11.6. The maximum atomic E-state index is 6.33. The first-order valence-corrected chi connectivity index (χ1v) is 7.64. The third-order valence-corrected chi connectivity index (χ3v) is 4.87. The molecule has 0 aromatic carbocycles. The summed E-state index contributed by atoms with van der Waals surface area (Å²) in [6, 6.07) is 0.295. The van der Waals surface area contributed by atoms with Gasteiger partial charge in [0.1, 0.15) is 12.2 Å². The van der Waals surface area contributed by atoms with Crippen LogP contribution in [-0.4, -0.2) is 27.3 Å². The number of rotatable bonds is 5. The zero-order chi connectivity index (χ0) is 13.1. The van der Waals surface area contributed by atoms with Crippen LogP contribution in [0.3, 0.4) is 0 Å². The highest BCUT2D eigenvalue weighted by molar-refractivity contribution is 5.00. The van der Waals surface area contributed by atoms with Crippen molar-refractivity contribution in [2.24, 2.45) is 11.7 Å². The molecule has 2 aliphatic carbocycles. The van der Waals surface area contributed by atoms with E-state index in [1.165, 1.54) is 38.5 Å². The number of hydrogen-bond donors (Lipinski definition) is 3. The van der Waals surface area contributed by atoms with Gasteiger partial charge >= 0.3 is 0 Å². The predicted molar refractivity (Wildman–Crippen MR) is 74.5 cm³/mol. The van der Waals surface area contributed by atoms with Gasteiger partial charge in [-0.3, -0.25) is 5.10 Å². The second-order valence-corrected chi connectivity index (χ2v) is 6.34. The molecule has 0 bridgehead atoms. The Morgan fingerprint density at radius 3 is 2.68 bits per heavy atom. The van der Waals surface area contributed by atoms with Crippen molar-refractivity contribution in [2.45, 2.75) is 62.9 Å². The molecule has 1 heterocycles. The Hall–Kier alpha value is -0.940. The summed E-state index contributed by atoms with van der Waals surface area (Å²) in [6.45, 7) is 0.898. The molecule has 4 N–H and O–H groups in total. The van der Waals surface area contributed by atoms with Crippen LogP contribution in [0.2, 0.25) is 0 Å². The summed E-state index contributed by atoms with van der Waals surface area (Å²) in [4.78, 5) is 4.37. The molecule has 5 heteroatoms. The molecule has 5 nitrogen and oxygen atoms in total. The van der Waals surface area contributed by atoms with E-state index in [2.05, 4.69) is 20.5 Å². The molecular weight excluding hydrogens is 238 g/mol. The van der Waals surface area contributed by atoms with Gasteiger partial charge in [0.05, 0.1) is 6.04 Å². The highest BCUT2D eigenvalue weighted by Crippen LogP contribution is 2.34. The first-order chi connectivity index (χ1) is 9.27. The number of aromatic nitrogens is 3. The van der Waals surface area contributed by atoms with Gasteiger partial charge in [0.25, 0.3) is 0 Å². The lowest BCUT2D eigenvalue weighted by Gasteiger charge is -2.40. The molecule has 0 amide bonds. The van der Waals surface area contributed by atoms with Gasteiger partial charge in [-0.15, -0.1) is 0 Å². The third-order valence-electron chi connectivity index (χ3n) is 4.87. The smallest absolute Gasteiger partial charge is 0.141 e. The summed E-state index contributed by atoms with van der Waals surface area (Å²) in [5.74, 6) is 1.65. The van der Waals surface area contributed by atoms with E-state index in [9.17, 15) is 0 Å². The average Bonchev–Trinajstić information content (AvgIpc) is 2.92. The summed E-state index contributed by atoms with van der Waals surface area (Å²) in [7, 11) is 0. The maximum Gasteiger partial charge on any atom is 0.141 e. The highest BCUT2D eigenvalue weighted by Gasteiger charge is 2.35. The normalized spacial score (nSPS) is 24.9. The Balaban J connectivity index is 1.65. The summed E-state index contributed by atoms with van der Waals surface area (Å²) in [5.41, 5.74) is 6.35. The number of nitrogens with zero attached hydrogens (tertiary/aromatic N) is 2. The molecule has 19 heavy (non-hydrogen) atoms. The van der Waals surface area contributed by atoms with Crippen LogP contribution in [0.15, 0.2) is 6.33 Å². The summed E-state index contributed by atoms with van der Waals surface area (Å²) >= 11 is 0. The first-order valence-electron chi connectivity index (χ1n) is 7.64. The van der Waals surface area contributed by atoms with E-state index >= 15 is 0 Å². The maximum absolute atomic E-state index is 6.33. The van der Waals surface area contributed by atoms with Crippen LogP contribution in [0.5, 0.6) is 0 Å². The quantitative estimate of drug-likeness (QED) is 0.758. The topological polar surface area (TPSA) is 79.6 Å². The summed E-state index contributed by atoms with van der Waals surface area (Å²) < 4.78 is 0. The Kier molecular flexibility index (Phi) is 3.84. The van der Waals surface area contributed by atoms with Gasteiger partial charge in [0, 0.05) is 12.1 Å². The Labute approximate surface area is 114 Å². The molecule has 1 aromatic rings. The van der Waals surface area contributed by atoms with Gasteiger partial charge in [-0.1, -0.05) is 19.3 Å². The molecule has 1 atom stereocenters. The largest absolute Gasteiger partial charge is 0.324 e. The molecule has 2 fully saturated rings. The van der Waals surface area contributed by atoms with Gasteiger partial charge in [0.15, 0.2) is 0 Å². The lowest BCUT2D eigenvalue weighted by molar-refractivity contribution is 0.199. The predicted octanol–water partition coefficient (Wildman–Crippen LogP) is 1.90. The van der Waals surface area contributed by atoms with Crippen molar-refractivity contribution < 1.29 is 0 Å².